The highest BCUT2D eigenvalue weighted by Crippen LogP contribution is 2.31. The molecule has 4 heteroatoms. The molecule has 1 unspecified atom stereocenters. The lowest BCUT2D eigenvalue weighted by Crippen LogP contribution is -2.43. The molecule has 1 aliphatic heterocycles. The maximum atomic E-state index is 12.1. The van der Waals surface area contributed by atoms with E-state index in [1.54, 1.807) is 19.2 Å². The molecule has 21 heavy (non-hydrogen) atoms. The number of hydrogen-bond acceptors (Lipinski definition) is 3. The Bertz CT molecular complexity index is 680. The Morgan fingerprint density at radius 2 is 1.86 bits per heavy atom. The number of carbonyl (C=O) groups excluding carboxylic acids is 1. The lowest BCUT2D eigenvalue weighted by atomic mass is 10.1. The fourth-order valence-corrected chi connectivity index (χ4v) is 2.32. The van der Waals surface area contributed by atoms with E-state index in [0.717, 1.165) is 11.3 Å². The number of amides is 1. The van der Waals surface area contributed by atoms with Crippen LogP contribution in [0.2, 0.25) is 0 Å². The normalized spacial score (nSPS) is 17.0. The molecule has 2 N–H and O–H groups in total. The van der Waals surface area contributed by atoms with E-state index in [1.807, 2.05) is 48.6 Å². The molecule has 2 aromatic rings. The summed E-state index contributed by atoms with van der Waals surface area (Å²) in [7, 11) is 1.60. The lowest BCUT2D eigenvalue weighted by Gasteiger charge is -2.27. The van der Waals surface area contributed by atoms with Gasteiger partial charge in [-0.2, -0.15) is 0 Å². The Labute approximate surface area is 123 Å². The molecule has 4 nitrogen and oxygen atoms in total. The van der Waals surface area contributed by atoms with Crippen molar-refractivity contribution in [1.29, 1.82) is 0 Å². The van der Waals surface area contributed by atoms with Gasteiger partial charge in [0.2, 0.25) is 0 Å². The van der Waals surface area contributed by atoms with E-state index < -0.39 is 0 Å². The average molecular weight is 280 g/mol. The van der Waals surface area contributed by atoms with Crippen molar-refractivity contribution in [3.8, 4) is 5.75 Å². The first-order valence-electron chi connectivity index (χ1n) is 6.75. The second kappa shape index (κ2) is 5.71. The lowest BCUT2D eigenvalue weighted by molar-refractivity contribution is 0.0943. The van der Waals surface area contributed by atoms with Gasteiger partial charge in [-0.15, -0.1) is 0 Å². The van der Waals surface area contributed by atoms with E-state index in [0.29, 0.717) is 11.3 Å². The van der Waals surface area contributed by atoms with Crippen LogP contribution in [-0.4, -0.2) is 19.2 Å². The minimum Gasteiger partial charge on any atom is -0.495 e. The van der Waals surface area contributed by atoms with Crippen molar-refractivity contribution in [2.45, 2.75) is 6.17 Å². The molecule has 0 bridgehead atoms. The maximum Gasteiger partial charge on any atom is 0.255 e. The largest absolute Gasteiger partial charge is 0.495 e. The Balaban J connectivity index is 1.85. The standard InChI is InChI=1S/C17H16N2O2/c1-21-14-9-5-8-13-16(14)18-15(19-17(13)20)11-10-12-6-3-2-4-7-12/h2-11,15,18H,1H3,(H,19,20). The highest BCUT2D eigenvalue weighted by molar-refractivity contribution is 6.03. The summed E-state index contributed by atoms with van der Waals surface area (Å²) >= 11 is 0. The smallest absolute Gasteiger partial charge is 0.255 e. The minimum absolute atomic E-state index is 0.106. The van der Waals surface area contributed by atoms with Crippen molar-refractivity contribution >= 4 is 17.7 Å². The number of carbonyl (C=O) groups is 1. The van der Waals surface area contributed by atoms with E-state index in [9.17, 15) is 4.79 Å². The Morgan fingerprint density at radius 3 is 2.62 bits per heavy atom. The molecule has 1 amide bonds. The summed E-state index contributed by atoms with van der Waals surface area (Å²) in [6.45, 7) is 0. The first kappa shape index (κ1) is 13.2. The van der Waals surface area contributed by atoms with Crippen molar-refractivity contribution < 1.29 is 9.53 Å². The van der Waals surface area contributed by atoms with Gasteiger partial charge in [0.25, 0.3) is 5.91 Å². The molecular formula is C17H16N2O2. The summed E-state index contributed by atoms with van der Waals surface area (Å²) in [5, 5.41) is 6.18. The maximum absolute atomic E-state index is 12.1. The third-order valence-electron chi connectivity index (χ3n) is 3.36. The van der Waals surface area contributed by atoms with Crippen molar-refractivity contribution in [3.63, 3.8) is 0 Å². The van der Waals surface area contributed by atoms with Crippen LogP contribution in [0, 0.1) is 0 Å². The molecule has 1 aliphatic rings. The van der Waals surface area contributed by atoms with E-state index in [2.05, 4.69) is 10.6 Å². The van der Waals surface area contributed by atoms with Crippen molar-refractivity contribution in [1.82, 2.24) is 5.32 Å². The van der Waals surface area contributed by atoms with E-state index >= 15 is 0 Å². The molecule has 0 radical (unpaired) electrons. The predicted octanol–water partition coefficient (Wildman–Crippen LogP) is 2.89. The molecule has 106 valence electrons. The summed E-state index contributed by atoms with van der Waals surface area (Å²) in [5.41, 5.74) is 2.41. The van der Waals surface area contributed by atoms with Crippen LogP contribution < -0.4 is 15.4 Å². The van der Waals surface area contributed by atoms with Crippen LogP contribution in [0.5, 0.6) is 5.75 Å². The van der Waals surface area contributed by atoms with Gasteiger partial charge in [0.05, 0.1) is 18.4 Å². The number of ether oxygens (including phenoxy) is 1. The molecule has 0 saturated heterocycles. The Hall–Kier alpha value is -2.75. The van der Waals surface area contributed by atoms with Gasteiger partial charge >= 0.3 is 0 Å². The number of benzene rings is 2. The molecular weight excluding hydrogens is 264 g/mol. The molecule has 1 heterocycles. The summed E-state index contributed by atoms with van der Waals surface area (Å²) in [5.74, 6) is 0.561. The monoisotopic (exact) mass is 280 g/mol. The van der Waals surface area contributed by atoms with Crippen LogP contribution >= 0.6 is 0 Å². The zero-order valence-corrected chi connectivity index (χ0v) is 11.7. The molecule has 0 aliphatic carbocycles. The highest BCUT2D eigenvalue weighted by Gasteiger charge is 2.24. The van der Waals surface area contributed by atoms with Crippen LogP contribution in [0.4, 0.5) is 5.69 Å². The third kappa shape index (κ3) is 2.74. The minimum atomic E-state index is -0.262. The molecule has 2 aromatic carbocycles. The summed E-state index contributed by atoms with van der Waals surface area (Å²) in [4.78, 5) is 12.1. The quantitative estimate of drug-likeness (QED) is 0.909. The van der Waals surface area contributed by atoms with Crippen LogP contribution in [0.3, 0.4) is 0 Å². The van der Waals surface area contributed by atoms with Crippen LogP contribution in [0.25, 0.3) is 6.08 Å². The van der Waals surface area contributed by atoms with Gasteiger partial charge in [-0.3, -0.25) is 4.79 Å². The van der Waals surface area contributed by atoms with Gasteiger partial charge in [0.1, 0.15) is 11.9 Å². The van der Waals surface area contributed by atoms with Gasteiger partial charge < -0.3 is 15.4 Å². The van der Waals surface area contributed by atoms with Gasteiger partial charge in [-0.25, -0.2) is 0 Å². The Kier molecular flexibility index (Phi) is 3.60. The van der Waals surface area contributed by atoms with E-state index in [-0.39, 0.29) is 12.1 Å². The van der Waals surface area contributed by atoms with E-state index in [4.69, 9.17) is 4.74 Å². The van der Waals surface area contributed by atoms with Crippen LogP contribution in [-0.2, 0) is 0 Å². The molecule has 0 fully saturated rings. The van der Waals surface area contributed by atoms with Gasteiger partial charge in [0.15, 0.2) is 0 Å². The number of fused-ring (bicyclic) bond motifs is 1. The number of hydrogen-bond donors (Lipinski definition) is 2. The molecule has 0 saturated carbocycles. The average Bonchev–Trinajstić information content (AvgIpc) is 2.53. The van der Waals surface area contributed by atoms with Crippen molar-refractivity contribution in [3.05, 3.63) is 65.7 Å². The third-order valence-corrected chi connectivity index (χ3v) is 3.36. The van der Waals surface area contributed by atoms with Crippen molar-refractivity contribution in [2.75, 3.05) is 12.4 Å². The number of rotatable bonds is 3. The molecule has 0 aromatic heterocycles. The molecule has 1 atom stereocenters. The van der Waals surface area contributed by atoms with Crippen molar-refractivity contribution in [2.24, 2.45) is 0 Å². The first-order chi connectivity index (χ1) is 10.3. The van der Waals surface area contributed by atoms with Gasteiger partial charge in [0, 0.05) is 0 Å². The van der Waals surface area contributed by atoms with Crippen LogP contribution in [0.15, 0.2) is 54.6 Å². The van der Waals surface area contributed by atoms with E-state index in [1.165, 1.54) is 0 Å². The molecule has 0 spiro atoms. The fourth-order valence-electron chi connectivity index (χ4n) is 2.32. The van der Waals surface area contributed by atoms with Gasteiger partial charge in [-0.1, -0.05) is 42.5 Å². The number of methoxy groups -OCH3 is 1. The second-order valence-electron chi connectivity index (χ2n) is 4.75. The van der Waals surface area contributed by atoms with Gasteiger partial charge in [-0.05, 0) is 23.8 Å². The second-order valence-corrected chi connectivity index (χ2v) is 4.75. The highest BCUT2D eigenvalue weighted by atomic mass is 16.5. The molecule has 3 rings (SSSR count). The summed E-state index contributed by atoms with van der Waals surface area (Å²) in [6.07, 6.45) is 3.63. The van der Waals surface area contributed by atoms with Crippen LogP contribution in [0.1, 0.15) is 15.9 Å². The topological polar surface area (TPSA) is 50.4 Å². The SMILES string of the molecule is COc1cccc2c1NC(C=Cc1ccccc1)NC2=O. The summed E-state index contributed by atoms with van der Waals surface area (Å²) in [6, 6.07) is 15.4. The Morgan fingerprint density at radius 1 is 1.05 bits per heavy atom. The zero-order valence-electron chi connectivity index (χ0n) is 11.7. The summed E-state index contributed by atoms with van der Waals surface area (Å²) < 4.78 is 5.31. The zero-order chi connectivity index (χ0) is 14.7. The number of nitrogens with one attached hydrogen (secondary N) is 2. The number of para-hydroxylation sites is 1. The number of anilines is 1. The predicted molar refractivity (Wildman–Crippen MR) is 83.3 cm³/mol. The fraction of sp³-hybridized carbons (Fsp3) is 0.118. The first-order valence-corrected chi connectivity index (χ1v) is 6.75.